The van der Waals surface area contributed by atoms with Gasteiger partial charge in [0, 0.05) is 0 Å². The predicted molar refractivity (Wildman–Crippen MR) is 128 cm³/mol. The van der Waals surface area contributed by atoms with Gasteiger partial charge >= 0.3 is 36.5 Å². The van der Waals surface area contributed by atoms with Crippen LogP contribution >= 0.6 is 13.4 Å². The second-order valence-electron chi connectivity index (χ2n) is 5.85. The minimum atomic E-state index is -3.81. The molecule has 0 aromatic carbocycles. The molecule has 27 heavy (non-hydrogen) atoms. The fourth-order valence-corrected chi connectivity index (χ4v) is 1.71. The van der Waals surface area contributed by atoms with Gasteiger partial charge in [0.15, 0.2) is 0 Å². The Morgan fingerprint density at radius 2 is 0.593 bits per heavy atom. The molecule has 0 aliphatic carbocycles. The van der Waals surface area contributed by atoms with Gasteiger partial charge in [-0.2, -0.15) is 0 Å². The minimum Gasteiger partial charge on any atom is -1.00 e. The van der Waals surface area contributed by atoms with Gasteiger partial charge in [0.25, 0.3) is 0 Å². The van der Waals surface area contributed by atoms with Crippen molar-refractivity contribution in [2.24, 2.45) is 0 Å². The standard InChI is InChI=1S/2C8H18.Mg.2H3O3PS.2H/c2*1-3-5-7-8-6-4-2;;2*1-4(2,3)5;;/h2*3-8H2,1-2H3;;2*(H3,1,2,3,5);;/q;;+2;;;2*-1. The summed E-state index contributed by atoms with van der Waals surface area (Å²) < 4.78 is 0. The molecule has 6 nitrogen and oxygen atoms in total. The van der Waals surface area contributed by atoms with E-state index in [-0.39, 0.29) is 25.9 Å². The molecule has 11 heteroatoms. The van der Waals surface area contributed by atoms with Gasteiger partial charge in [-0.05, 0) is 23.6 Å². The van der Waals surface area contributed by atoms with E-state index in [9.17, 15) is 0 Å². The number of hydrogen-bond acceptors (Lipinski definition) is 2. The molecule has 0 radical (unpaired) electrons. The SMILES string of the molecule is CCCCCCCC.CCCCCCCC.OP(O)(O)=S.OP(O)(O)=S.[H-].[H-].[Mg+2]. The van der Waals surface area contributed by atoms with E-state index in [1.807, 2.05) is 0 Å². The van der Waals surface area contributed by atoms with Crippen LogP contribution in [-0.2, 0) is 23.6 Å². The Labute approximate surface area is 196 Å². The van der Waals surface area contributed by atoms with Gasteiger partial charge in [0.05, 0.1) is 0 Å². The van der Waals surface area contributed by atoms with Crippen molar-refractivity contribution in [2.45, 2.75) is 105 Å². The minimum absolute atomic E-state index is 0. The van der Waals surface area contributed by atoms with Gasteiger partial charge in [-0.15, -0.1) is 0 Å². The largest absolute Gasteiger partial charge is 2.00 e. The van der Waals surface area contributed by atoms with Crippen LogP contribution in [-0.4, -0.2) is 52.4 Å². The first kappa shape index (κ1) is 39.3. The first-order valence-corrected chi connectivity index (χ1v) is 14.7. The van der Waals surface area contributed by atoms with Gasteiger partial charge in [0.1, 0.15) is 0 Å². The molecule has 0 saturated carbocycles. The Morgan fingerprint density at radius 1 is 0.481 bits per heavy atom. The number of rotatable bonds is 10. The molecule has 0 aromatic rings. The zero-order valence-corrected chi connectivity index (χ0v) is 22.4. The van der Waals surface area contributed by atoms with Crippen molar-refractivity contribution in [3.8, 4) is 0 Å². The molecule has 0 saturated heterocycles. The molecule has 0 heterocycles. The summed E-state index contributed by atoms with van der Waals surface area (Å²) in [4.78, 5) is 45.3. The van der Waals surface area contributed by atoms with Crippen LogP contribution in [0, 0.1) is 0 Å². The third-order valence-corrected chi connectivity index (χ3v) is 2.91. The van der Waals surface area contributed by atoms with Crippen molar-refractivity contribution in [3.63, 3.8) is 0 Å². The fraction of sp³-hybridized carbons (Fsp3) is 1.00. The Hall–Kier alpha value is 1.83. The smallest absolute Gasteiger partial charge is 1.00 e. The average Bonchev–Trinajstić information content (AvgIpc) is 2.46. The van der Waals surface area contributed by atoms with Crippen LogP contribution in [0.1, 0.15) is 108 Å². The summed E-state index contributed by atoms with van der Waals surface area (Å²) in [5.41, 5.74) is 0. The van der Waals surface area contributed by atoms with Gasteiger partial charge in [0.2, 0.25) is 0 Å². The Bertz CT molecular complexity index is 291. The van der Waals surface area contributed by atoms with E-state index < -0.39 is 13.4 Å². The molecule has 0 rings (SSSR count). The maximum atomic E-state index is 7.56. The van der Waals surface area contributed by atoms with Crippen molar-refractivity contribution >= 4 is 60.1 Å². The molecule has 168 valence electrons. The summed E-state index contributed by atoms with van der Waals surface area (Å²) in [5.74, 6) is 0. The van der Waals surface area contributed by atoms with Crippen LogP contribution < -0.4 is 0 Å². The van der Waals surface area contributed by atoms with Crippen LogP contribution in [0.25, 0.3) is 0 Å². The average molecular weight is 483 g/mol. The monoisotopic (exact) mass is 482 g/mol. The molecule has 0 unspecified atom stereocenters. The number of hydrogen-bond donors (Lipinski definition) is 6. The van der Waals surface area contributed by atoms with Crippen molar-refractivity contribution in [1.29, 1.82) is 0 Å². The van der Waals surface area contributed by atoms with Crippen molar-refractivity contribution in [2.75, 3.05) is 0 Å². The van der Waals surface area contributed by atoms with Gasteiger partial charge in [-0.25, -0.2) is 0 Å². The fourth-order valence-electron chi connectivity index (χ4n) is 1.71. The Morgan fingerprint density at radius 3 is 0.667 bits per heavy atom. The molecule has 0 bridgehead atoms. The molecule has 0 aromatic heterocycles. The molecule has 0 spiro atoms. The second kappa shape index (κ2) is 30.0. The summed E-state index contributed by atoms with van der Waals surface area (Å²) in [6, 6.07) is 0. The van der Waals surface area contributed by atoms with Gasteiger partial charge in [-0.3, -0.25) is 0 Å². The summed E-state index contributed by atoms with van der Waals surface area (Å²) in [7, 11) is 0. The summed E-state index contributed by atoms with van der Waals surface area (Å²) in [6.45, 7) is 1.41. The summed E-state index contributed by atoms with van der Waals surface area (Å²) in [6.07, 6.45) is 17.0. The predicted octanol–water partition coefficient (Wildman–Crippen LogP) is 4.95. The van der Waals surface area contributed by atoms with E-state index in [1.54, 1.807) is 0 Å². The number of unbranched alkanes of at least 4 members (excludes halogenated alkanes) is 10. The van der Waals surface area contributed by atoms with Crippen LogP contribution in [0.4, 0.5) is 0 Å². The quantitative estimate of drug-likeness (QED) is 0.147. The Kier molecular flexibility index (Phi) is 43.7. The molecule has 0 atom stereocenters. The summed E-state index contributed by atoms with van der Waals surface area (Å²) in [5, 5.41) is 0. The molecule has 6 N–H and O–H groups in total. The van der Waals surface area contributed by atoms with Crippen LogP contribution in [0.3, 0.4) is 0 Å². The van der Waals surface area contributed by atoms with E-state index in [1.165, 1.54) is 77.0 Å². The topological polar surface area (TPSA) is 121 Å². The molecule has 0 aliphatic heterocycles. The van der Waals surface area contributed by atoms with E-state index >= 15 is 0 Å². The van der Waals surface area contributed by atoms with Crippen molar-refractivity contribution in [1.82, 2.24) is 0 Å². The molecular formula is C16H44MgO6P2S2. The first-order chi connectivity index (χ1) is 11.8. The first-order valence-electron chi connectivity index (χ1n) is 9.39. The molecule has 0 aliphatic rings. The second-order valence-corrected chi connectivity index (χ2v) is 10.8. The van der Waals surface area contributed by atoms with Crippen LogP contribution in [0.2, 0.25) is 0 Å². The van der Waals surface area contributed by atoms with E-state index in [0.29, 0.717) is 0 Å². The molecule has 0 fully saturated rings. The molecule has 0 amide bonds. The maximum Gasteiger partial charge on any atom is 2.00 e. The van der Waals surface area contributed by atoms with E-state index in [2.05, 4.69) is 51.3 Å². The maximum absolute atomic E-state index is 7.56. The van der Waals surface area contributed by atoms with Crippen molar-refractivity contribution in [3.05, 3.63) is 0 Å². The summed E-state index contributed by atoms with van der Waals surface area (Å²) >= 11 is 7.21. The van der Waals surface area contributed by atoms with Crippen molar-refractivity contribution < 1.29 is 32.2 Å². The Balaban J connectivity index is -0.0000000440. The van der Waals surface area contributed by atoms with E-state index in [0.717, 1.165) is 0 Å². The zero-order chi connectivity index (χ0) is 21.5. The van der Waals surface area contributed by atoms with E-state index in [4.69, 9.17) is 29.4 Å². The zero-order valence-electron chi connectivity index (χ0n) is 19.6. The van der Waals surface area contributed by atoms with Crippen LogP contribution in [0.5, 0.6) is 0 Å². The van der Waals surface area contributed by atoms with Crippen LogP contribution in [0.15, 0.2) is 0 Å². The third kappa shape index (κ3) is 133. The third-order valence-electron chi connectivity index (χ3n) is 2.91. The normalized spacial score (nSPS) is 10.1. The molecular weight excluding hydrogens is 439 g/mol. The van der Waals surface area contributed by atoms with Gasteiger partial charge in [-0.1, -0.05) is 105 Å². The van der Waals surface area contributed by atoms with Gasteiger partial charge < -0.3 is 32.2 Å².